The van der Waals surface area contributed by atoms with Gasteiger partial charge in [0.2, 0.25) is 21.8 Å². The minimum atomic E-state index is -3.21. The summed E-state index contributed by atoms with van der Waals surface area (Å²) in [6.07, 6.45) is 8.16. The molecule has 0 spiro atoms. The largest absolute Gasteiger partial charge is 0.341 e. The molecule has 2 saturated heterocycles. The second-order valence-electron chi connectivity index (χ2n) is 6.88. The second kappa shape index (κ2) is 8.80. The van der Waals surface area contributed by atoms with E-state index in [1.807, 2.05) is 0 Å². The lowest BCUT2D eigenvalue weighted by molar-refractivity contribution is -0.141. The summed E-state index contributed by atoms with van der Waals surface area (Å²) < 4.78 is 25.1. The first-order chi connectivity index (χ1) is 11.3. The highest BCUT2D eigenvalue weighted by atomic mass is 32.2. The molecule has 2 heterocycles. The Labute approximate surface area is 144 Å². The average molecular weight is 359 g/mol. The molecule has 2 rings (SSSR count). The molecule has 0 aromatic carbocycles. The lowest BCUT2D eigenvalue weighted by Gasteiger charge is -2.33. The van der Waals surface area contributed by atoms with Gasteiger partial charge in [0.1, 0.15) is 0 Å². The molecular formula is C16H29N3O4S. The maximum absolute atomic E-state index is 12.5. The zero-order valence-electron chi connectivity index (χ0n) is 14.5. The van der Waals surface area contributed by atoms with Gasteiger partial charge in [0.15, 0.2) is 0 Å². The number of nitrogens with zero attached hydrogens (tertiary/aromatic N) is 2. The number of carbonyl (C=O) groups excluding carboxylic acids is 2. The molecule has 2 aliphatic heterocycles. The number of sulfonamides is 1. The summed E-state index contributed by atoms with van der Waals surface area (Å²) in [7, 11) is -3.21. The molecule has 2 aliphatic rings. The summed E-state index contributed by atoms with van der Waals surface area (Å²) >= 11 is 0. The Morgan fingerprint density at radius 1 is 1.08 bits per heavy atom. The van der Waals surface area contributed by atoms with E-state index in [-0.39, 0.29) is 24.4 Å². The van der Waals surface area contributed by atoms with Crippen molar-refractivity contribution < 1.29 is 18.0 Å². The van der Waals surface area contributed by atoms with E-state index in [0.29, 0.717) is 38.9 Å². The van der Waals surface area contributed by atoms with Crippen molar-refractivity contribution >= 4 is 21.8 Å². The predicted octanol–water partition coefficient (Wildman–Crippen LogP) is 0.709. The number of amides is 2. The average Bonchev–Trinajstić information content (AvgIpc) is 2.60. The fraction of sp³-hybridized carbons (Fsp3) is 0.875. The van der Waals surface area contributed by atoms with Gasteiger partial charge in [-0.15, -0.1) is 0 Å². The van der Waals surface area contributed by atoms with Crippen LogP contribution in [0.2, 0.25) is 0 Å². The third-order valence-electron chi connectivity index (χ3n) is 4.73. The van der Waals surface area contributed by atoms with E-state index in [9.17, 15) is 18.0 Å². The van der Waals surface area contributed by atoms with Gasteiger partial charge in [-0.05, 0) is 25.7 Å². The molecule has 138 valence electrons. The Morgan fingerprint density at radius 2 is 1.71 bits per heavy atom. The maximum atomic E-state index is 12.5. The van der Waals surface area contributed by atoms with Crippen LogP contribution in [0.3, 0.4) is 0 Å². The number of nitrogens with one attached hydrogen (secondary N) is 1. The number of hydrogen-bond donors (Lipinski definition) is 1. The number of rotatable bonds is 4. The number of carbonyl (C=O) groups is 2. The van der Waals surface area contributed by atoms with Crippen LogP contribution in [-0.4, -0.2) is 68.5 Å². The molecule has 0 unspecified atom stereocenters. The van der Waals surface area contributed by atoms with Crippen molar-refractivity contribution in [2.24, 2.45) is 0 Å². The van der Waals surface area contributed by atoms with Crippen LogP contribution in [0.1, 0.15) is 51.4 Å². The molecule has 0 bridgehead atoms. The van der Waals surface area contributed by atoms with Crippen molar-refractivity contribution in [2.45, 2.75) is 57.4 Å². The Bertz CT molecular complexity index is 542. The minimum Gasteiger partial charge on any atom is -0.341 e. The Kier molecular flexibility index (Phi) is 7.03. The lowest BCUT2D eigenvalue weighted by Crippen LogP contribution is -2.49. The highest BCUT2D eigenvalue weighted by molar-refractivity contribution is 7.88. The molecule has 0 atom stereocenters. The summed E-state index contributed by atoms with van der Waals surface area (Å²) in [6, 6.07) is -0.101. The van der Waals surface area contributed by atoms with E-state index in [1.54, 1.807) is 9.80 Å². The quantitative estimate of drug-likeness (QED) is 0.801. The van der Waals surface area contributed by atoms with Crippen molar-refractivity contribution in [2.75, 3.05) is 32.4 Å². The molecular weight excluding hydrogens is 330 g/mol. The molecule has 0 aromatic heterocycles. The first kappa shape index (κ1) is 19.2. The summed E-state index contributed by atoms with van der Waals surface area (Å²) in [4.78, 5) is 28.2. The molecule has 0 radical (unpaired) electrons. The summed E-state index contributed by atoms with van der Waals surface area (Å²) in [5, 5.41) is 0. The molecule has 0 aromatic rings. The first-order valence-corrected chi connectivity index (χ1v) is 10.8. The van der Waals surface area contributed by atoms with Gasteiger partial charge in [0.05, 0.1) is 12.8 Å². The van der Waals surface area contributed by atoms with Gasteiger partial charge in [0.25, 0.3) is 0 Å². The minimum absolute atomic E-state index is 0.0274. The van der Waals surface area contributed by atoms with Crippen LogP contribution < -0.4 is 4.72 Å². The van der Waals surface area contributed by atoms with E-state index in [0.717, 1.165) is 38.4 Å². The van der Waals surface area contributed by atoms with Crippen molar-refractivity contribution in [3.63, 3.8) is 0 Å². The van der Waals surface area contributed by atoms with E-state index >= 15 is 0 Å². The van der Waals surface area contributed by atoms with Gasteiger partial charge in [-0.2, -0.15) is 0 Å². The summed E-state index contributed by atoms with van der Waals surface area (Å²) in [5.74, 6) is 0.0549. The molecule has 1 N–H and O–H groups in total. The van der Waals surface area contributed by atoms with Crippen molar-refractivity contribution in [3.05, 3.63) is 0 Å². The van der Waals surface area contributed by atoms with Crippen LogP contribution >= 0.6 is 0 Å². The number of likely N-dealkylation sites (tertiary alicyclic amines) is 1. The van der Waals surface area contributed by atoms with Crippen LogP contribution in [0.5, 0.6) is 0 Å². The van der Waals surface area contributed by atoms with E-state index in [2.05, 4.69) is 4.72 Å². The standard InChI is InChI=1S/C16H29N3O4S/c1-24(22,23)17-14-8-11-18(12-9-14)16(21)13-19-10-6-4-2-3-5-7-15(19)20/h14,17H,2-13H2,1H3. The van der Waals surface area contributed by atoms with Crippen molar-refractivity contribution in [1.29, 1.82) is 0 Å². The smallest absolute Gasteiger partial charge is 0.242 e. The normalized spacial score (nSPS) is 22.0. The fourth-order valence-corrected chi connectivity index (χ4v) is 4.21. The van der Waals surface area contributed by atoms with Crippen molar-refractivity contribution in [1.82, 2.24) is 14.5 Å². The summed E-state index contributed by atoms with van der Waals surface area (Å²) in [5.41, 5.74) is 0. The second-order valence-corrected chi connectivity index (χ2v) is 8.66. The topological polar surface area (TPSA) is 86.8 Å². The van der Waals surface area contributed by atoms with Gasteiger partial charge in [0, 0.05) is 32.1 Å². The number of hydrogen-bond acceptors (Lipinski definition) is 4. The van der Waals surface area contributed by atoms with Gasteiger partial charge in [-0.25, -0.2) is 13.1 Å². The lowest BCUT2D eigenvalue weighted by atomic mass is 10.1. The zero-order chi connectivity index (χ0) is 17.6. The monoisotopic (exact) mass is 359 g/mol. The molecule has 0 aliphatic carbocycles. The van der Waals surface area contributed by atoms with Gasteiger partial charge >= 0.3 is 0 Å². The highest BCUT2D eigenvalue weighted by Crippen LogP contribution is 2.14. The van der Waals surface area contributed by atoms with Gasteiger partial charge in [-0.1, -0.05) is 19.3 Å². The first-order valence-electron chi connectivity index (χ1n) is 8.88. The molecule has 24 heavy (non-hydrogen) atoms. The highest BCUT2D eigenvalue weighted by Gasteiger charge is 2.26. The molecule has 2 amide bonds. The third kappa shape index (κ3) is 6.39. The number of piperidine rings is 1. The van der Waals surface area contributed by atoms with Crippen LogP contribution in [0.15, 0.2) is 0 Å². The zero-order valence-corrected chi connectivity index (χ0v) is 15.3. The van der Waals surface area contributed by atoms with Crippen LogP contribution in [0.4, 0.5) is 0 Å². The fourth-order valence-electron chi connectivity index (χ4n) is 3.37. The maximum Gasteiger partial charge on any atom is 0.242 e. The van der Waals surface area contributed by atoms with Crippen LogP contribution in [0, 0.1) is 0 Å². The van der Waals surface area contributed by atoms with Gasteiger partial charge in [-0.3, -0.25) is 9.59 Å². The van der Waals surface area contributed by atoms with E-state index in [1.165, 1.54) is 0 Å². The predicted molar refractivity (Wildman–Crippen MR) is 91.9 cm³/mol. The molecule has 2 fully saturated rings. The van der Waals surface area contributed by atoms with Crippen LogP contribution in [0.25, 0.3) is 0 Å². The third-order valence-corrected chi connectivity index (χ3v) is 5.49. The Balaban J connectivity index is 1.82. The molecule has 8 heteroatoms. The van der Waals surface area contributed by atoms with Gasteiger partial charge < -0.3 is 9.80 Å². The molecule has 7 nitrogen and oxygen atoms in total. The van der Waals surface area contributed by atoms with E-state index in [4.69, 9.17) is 0 Å². The van der Waals surface area contributed by atoms with E-state index < -0.39 is 10.0 Å². The van der Waals surface area contributed by atoms with Crippen molar-refractivity contribution in [3.8, 4) is 0 Å². The molecule has 0 saturated carbocycles. The Morgan fingerprint density at radius 3 is 2.38 bits per heavy atom. The Hall–Kier alpha value is -1.15. The SMILES string of the molecule is CS(=O)(=O)NC1CCN(C(=O)CN2CCCCCCCC2=O)CC1. The van der Waals surface area contributed by atoms with Crippen LogP contribution in [-0.2, 0) is 19.6 Å². The summed E-state index contributed by atoms with van der Waals surface area (Å²) in [6.45, 7) is 1.89.